The molecule has 1 aromatic heterocycles. The molecule has 1 aromatic rings. The Kier molecular flexibility index (Phi) is 6.06. The van der Waals surface area contributed by atoms with Crippen molar-refractivity contribution in [3.05, 3.63) is 12.3 Å². The number of aromatic nitrogens is 2. The molecule has 5 heteroatoms. The van der Waals surface area contributed by atoms with E-state index in [1.807, 2.05) is 6.20 Å². The predicted molar refractivity (Wildman–Crippen MR) is 73.7 cm³/mol. The van der Waals surface area contributed by atoms with Crippen LogP contribution in [0.2, 0.25) is 0 Å². The van der Waals surface area contributed by atoms with Gasteiger partial charge in [0.25, 0.3) is 0 Å². The summed E-state index contributed by atoms with van der Waals surface area (Å²) < 4.78 is 2.07. The Hall–Kier alpha value is -0.350. The molecule has 1 N–H and O–H groups in total. The average molecular weight is 262 g/mol. The van der Waals surface area contributed by atoms with E-state index in [1.54, 1.807) is 0 Å². The highest BCUT2D eigenvalue weighted by Gasteiger charge is 2.14. The van der Waals surface area contributed by atoms with E-state index in [1.165, 1.54) is 30.2 Å². The Morgan fingerprint density at radius 1 is 1.50 bits per heavy atom. The maximum atomic E-state index is 4.32. The zero-order chi connectivity index (χ0) is 10.5. The van der Waals surface area contributed by atoms with E-state index < -0.39 is 0 Å². The molecule has 0 spiro atoms. The summed E-state index contributed by atoms with van der Waals surface area (Å²) in [6.45, 7) is 3.19. The Labute approximate surface area is 108 Å². The molecule has 2 heterocycles. The first-order chi connectivity index (χ1) is 7.40. The number of hydrogen-bond donors (Lipinski definition) is 1. The molecule has 1 fully saturated rings. The Morgan fingerprint density at radius 2 is 2.25 bits per heavy atom. The Bertz CT molecular complexity index is 297. The zero-order valence-electron chi connectivity index (χ0n) is 9.69. The first-order valence-electron chi connectivity index (χ1n) is 5.76. The molecule has 0 atom stereocenters. The highest BCUT2D eigenvalue weighted by molar-refractivity contribution is 7.99. The second-order valence-corrected chi connectivity index (χ2v) is 5.20. The smallest absolute Gasteiger partial charge is 0.124 e. The van der Waals surface area contributed by atoms with Crippen molar-refractivity contribution in [2.45, 2.75) is 38.8 Å². The van der Waals surface area contributed by atoms with Crippen LogP contribution in [0.25, 0.3) is 0 Å². The van der Waals surface area contributed by atoms with Crippen molar-refractivity contribution in [1.82, 2.24) is 9.78 Å². The van der Waals surface area contributed by atoms with Crippen LogP contribution in [0, 0.1) is 0 Å². The molecular formula is C11H20ClN3S. The van der Waals surface area contributed by atoms with E-state index in [4.69, 9.17) is 0 Å². The number of hydrogen-bond acceptors (Lipinski definition) is 3. The van der Waals surface area contributed by atoms with Gasteiger partial charge >= 0.3 is 0 Å². The lowest BCUT2D eigenvalue weighted by Crippen LogP contribution is -2.26. The van der Waals surface area contributed by atoms with Gasteiger partial charge in [-0.25, -0.2) is 4.68 Å². The van der Waals surface area contributed by atoms with Crippen LogP contribution in [0.3, 0.4) is 0 Å². The van der Waals surface area contributed by atoms with Crippen molar-refractivity contribution in [3.63, 3.8) is 0 Å². The maximum absolute atomic E-state index is 4.32. The topological polar surface area (TPSA) is 29.9 Å². The van der Waals surface area contributed by atoms with Gasteiger partial charge in [0.1, 0.15) is 5.82 Å². The largest absolute Gasteiger partial charge is 0.367 e. The second-order valence-electron chi connectivity index (χ2n) is 3.97. The lowest BCUT2D eigenvalue weighted by molar-refractivity contribution is 0.590. The second kappa shape index (κ2) is 7.07. The van der Waals surface area contributed by atoms with Crippen LogP contribution >= 0.6 is 24.2 Å². The van der Waals surface area contributed by atoms with E-state index >= 15 is 0 Å². The van der Waals surface area contributed by atoms with E-state index in [0.29, 0.717) is 6.04 Å². The maximum Gasteiger partial charge on any atom is 0.124 e. The van der Waals surface area contributed by atoms with E-state index in [-0.39, 0.29) is 12.4 Å². The third-order valence-corrected chi connectivity index (χ3v) is 3.77. The third-order valence-electron chi connectivity index (χ3n) is 2.73. The summed E-state index contributed by atoms with van der Waals surface area (Å²) in [7, 11) is 0. The fourth-order valence-corrected chi connectivity index (χ4v) is 3.00. The lowest BCUT2D eigenvalue weighted by Gasteiger charge is -2.23. The Balaban J connectivity index is 0.00000128. The van der Waals surface area contributed by atoms with Crippen molar-refractivity contribution >= 4 is 30.0 Å². The predicted octanol–water partition coefficient (Wildman–Crippen LogP) is 3.02. The lowest BCUT2D eigenvalue weighted by atomic mass is 10.1. The summed E-state index contributed by atoms with van der Waals surface area (Å²) >= 11 is 2.06. The molecule has 0 aliphatic carbocycles. The van der Waals surface area contributed by atoms with Gasteiger partial charge in [0.05, 0.1) is 6.20 Å². The standard InChI is InChI=1S/C11H19N3S.ClH/c1-2-7-14-11(3-6-12-14)13-10-4-8-15-9-5-10;/h3,6,10,13H,2,4-5,7-9H2,1H3;1H. The quantitative estimate of drug-likeness (QED) is 0.904. The zero-order valence-corrected chi connectivity index (χ0v) is 11.3. The number of nitrogens with zero attached hydrogens (tertiary/aromatic N) is 2. The normalized spacial score (nSPS) is 16.8. The molecule has 0 saturated carbocycles. The summed E-state index contributed by atoms with van der Waals surface area (Å²) in [5.74, 6) is 3.77. The van der Waals surface area contributed by atoms with Crippen molar-refractivity contribution in [1.29, 1.82) is 0 Å². The summed E-state index contributed by atoms with van der Waals surface area (Å²) in [6, 6.07) is 2.73. The molecule has 1 aliphatic rings. The number of rotatable bonds is 4. The van der Waals surface area contributed by atoms with Gasteiger partial charge in [-0.1, -0.05) is 6.92 Å². The van der Waals surface area contributed by atoms with Crippen molar-refractivity contribution < 1.29 is 0 Å². The minimum atomic E-state index is 0. The van der Waals surface area contributed by atoms with Crippen LogP contribution in [0.15, 0.2) is 12.3 Å². The first kappa shape index (κ1) is 13.7. The molecule has 3 nitrogen and oxygen atoms in total. The molecule has 16 heavy (non-hydrogen) atoms. The van der Waals surface area contributed by atoms with Crippen LogP contribution in [-0.4, -0.2) is 27.3 Å². The number of halogens is 1. The van der Waals surface area contributed by atoms with Crippen LogP contribution in [0.4, 0.5) is 5.82 Å². The summed E-state index contributed by atoms with van der Waals surface area (Å²) in [4.78, 5) is 0. The van der Waals surface area contributed by atoms with Gasteiger partial charge in [0, 0.05) is 18.7 Å². The third kappa shape index (κ3) is 3.59. The highest BCUT2D eigenvalue weighted by Crippen LogP contribution is 2.20. The SMILES string of the molecule is CCCn1nccc1NC1CCSCC1.Cl. The fraction of sp³-hybridized carbons (Fsp3) is 0.727. The van der Waals surface area contributed by atoms with Gasteiger partial charge in [0.2, 0.25) is 0 Å². The Morgan fingerprint density at radius 3 is 2.94 bits per heavy atom. The van der Waals surface area contributed by atoms with Crippen LogP contribution in [0.5, 0.6) is 0 Å². The van der Waals surface area contributed by atoms with E-state index in [9.17, 15) is 0 Å². The van der Waals surface area contributed by atoms with Crippen LogP contribution in [-0.2, 0) is 6.54 Å². The number of nitrogens with one attached hydrogen (secondary N) is 1. The molecule has 2 rings (SSSR count). The molecule has 0 aromatic carbocycles. The number of thioether (sulfide) groups is 1. The molecule has 1 saturated heterocycles. The summed E-state index contributed by atoms with van der Waals surface area (Å²) in [5.41, 5.74) is 0. The van der Waals surface area contributed by atoms with Crippen molar-refractivity contribution in [2.24, 2.45) is 0 Å². The summed E-state index contributed by atoms with van der Waals surface area (Å²) in [6.07, 6.45) is 5.58. The first-order valence-corrected chi connectivity index (χ1v) is 6.91. The molecular weight excluding hydrogens is 242 g/mol. The highest BCUT2D eigenvalue weighted by atomic mass is 35.5. The van der Waals surface area contributed by atoms with Gasteiger partial charge in [0.15, 0.2) is 0 Å². The average Bonchev–Trinajstić information content (AvgIpc) is 2.68. The van der Waals surface area contributed by atoms with Gasteiger partial charge in [-0.3, -0.25) is 0 Å². The number of anilines is 1. The fourth-order valence-electron chi connectivity index (χ4n) is 1.90. The van der Waals surface area contributed by atoms with Gasteiger partial charge in [-0.15, -0.1) is 12.4 Å². The molecule has 92 valence electrons. The van der Waals surface area contributed by atoms with Gasteiger partial charge < -0.3 is 5.32 Å². The summed E-state index contributed by atoms with van der Waals surface area (Å²) in [5, 5.41) is 7.92. The monoisotopic (exact) mass is 261 g/mol. The van der Waals surface area contributed by atoms with E-state index in [2.05, 4.69) is 39.8 Å². The van der Waals surface area contributed by atoms with Crippen LogP contribution < -0.4 is 5.32 Å². The van der Waals surface area contributed by atoms with Crippen molar-refractivity contribution in [2.75, 3.05) is 16.8 Å². The van der Waals surface area contributed by atoms with E-state index in [0.717, 1.165) is 13.0 Å². The van der Waals surface area contributed by atoms with Gasteiger partial charge in [-0.2, -0.15) is 16.9 Å². The molecule has 0 unspecified atom stereocenters. The van der Waals surface area contributed by atoms with Crippen molar-refractivity contribution in [3.8, 4) is 0 Å². The molecule has 0 radical (unpaired) electrons. The van der Waals surface area contributed by atoms with Gasteiger partial charge in [-0.05, 0) is 30.8 Å². The molecule has 0 bridgehead atoms. The van der Waals surface area contributed by atoms with Crippen LogP contribution in [0.1, 0.15) is 26.2 Å². The minimum absolute atomic E-state index is 0. The molecule has 0 amide bonds. The number of aryl methyl sites for hydroxylation is 1. The molecule has 1 aliphatic heterocycles. The minimum Gasteiger partial charge on any atom is -0.367 e.